The van der Waals surface area contributed by atoms with Gasteiger partial charge in [-0.3, -0.25) is 0 Å². The van der Waals surface area contributed by atoms with E-state index in [0.29, 0.717) is 0 Å². The summed E-state index contributed by atoms with van der Waals surface area (Å²) in [5.41, 5.74) is 3.15. The average Bonchev–Trinajstić information content (AvgIpc) is 2.84. The van der Waals surface area contributed by atoms with Crippen LogP contribution >= 0.6 is 0 Å². The van der Waals surface area contributed by atoms with E-state index in [9.17, 15) is 0 Å². The van der Waals surface area contributed by atoms with Gasteiger partial charge in [-0.05, 0) is 18.6 Å². The lowest BCUT2D eigenvalue weighted by Gasteiger charge is -2.04. The number of rotatable bonds is 4. The van der Waals surface area contributed by atoms with Crippen LogP contribution in [0.3, 0.4) is 0 Å². The van der Waals surface area contributed by atoms with E-state index < -0.39 is 0 Å². The second kappa shape index (κ2) is 5.37. The molecule has 0 atom stereocenters. The lowest BCUT2D eigenvalue weighted by Crippen LogP contribution is -1.95. The second-order valence-electron chi connectivity index (χ2n) is 4.83. The Hall–Kier alpha value is -2.29. The van der Waals surface area contributed by atoms with Gasteiger partial charge in [0.2, 0.25) is 0 Å². The molecule has 0 N–H and O–H groups in total. The van der Waals surface area contributed by atoms with Crippen LogP contribution in [0.15, 0.2) is 48.5 Å². The summed E-state index contributed by atoms with van der Waals surface area (Å²) in [7, 11) is 2.04. The van der Waals surface area contributed by atoms with Crippen LogP contribution in [-0.4, -0.2) is 16.2 Å². The lowest BCUT2D eigenvalue weighted by molar-refractivity contribution is 0.320. The van der Waals surface area contributed by atoms with Crippen molar-refractivity contribution in [3.63, 3.8) is 0 Å². The summed E-state index contributed by atoms with van der Waals surface area (Å²) in [6.45, 7) is 2.82. The van der Waals surface area contributed by atoms with E-state index in [1.54, 1.807) is 0 Å². The van der Waals surface area contributed by atoms with Gasteiger partial charge in [-0.2, -0.15) is 0 Å². The molecule has 0 aliphatic carbocycles. The van der Waals surface area contributed by atoms with Gasteiger partial charge in [0.1, 0.15) is 17.1 Å². The predicted octanol–water partition coefficient (Wildman–Crippen LogP) is 4.03. The van der Waals surface area contributed by atoms with Gasteiger partial charge in [0, 0.05) is 12.6 Å². The first-order chi connectivity index (χ1) is 9.81. The number of para-hydroxylation sites is 1. The highest BCUT2D eigenvalue weighted by molar-refractivity contribution is 5.85. The van der Waals surface area contributed by atoms with Crippen molar-refractivity contribution in [2.75, 3.05) is 6.61 Å². The van der Waals surface area contributed by atoms with E-state index >= 15 is 0 Å². The first-order valence-corrected chi connectivity index (χ1v) is 6.95. The molecule has 1 aromatic heterocycles. The molecule has 3 rings (SSSR count). The first-order valence-electron chi connectivity index (χ1n) is 6.95. The summed E-state index contributed by atoms with van der Waals surface area (Å²) in [4.78, 5) is 4.77. The van der Waals surface area contributed by atoms with Crippen molar-refractivity contribution in [3.05, 3.63) is 48.5 Å². The van der Waals surface area contributed by atoms with Crippen molar-refractivity contribution in [1.29, 1.82) is 0 Å². The SMILES string of the molecule is CCCOc1cccc2c1nc(-c1ccccc1)n2C. The van der Waals surface area contributed by atoms with Gasteiger partial charge in [0.25, 0.3) is 0 Å². The number of fused-ring (bicyclic) bond motifs is 1. The van der Waals surface area contributed by atoms with Crippen LogP contribution in [0.25, 0.3) is 22.4 Å². The monoisotopic (exact) mass is 266 g/mol. The molecule has 0 saturated carbocycles. The van der Waals surface area contributed by atoms with Crippen LogP contribution in [0.5, 0.6) is 5.75 Å². The average molecular weight is 266 g/mol. The van der Waals surface area contributed by atoms with Crippen molar-refractivity contribution in [2.24, 2.45) is 7.05 Å². The molecule has 3 nitrogen and oxygen atoms in total. The van der Waals surface area contributed by atoms with Gasteiger partial charge in [0.15, 0.2) is 0 Å². The maximum Gasteiger partial charge on any atom is 0.147 e. The molecule has 0 spiro atoms. The Balaban J connectivity index is 2.14. The Labute approximate surface area is 118 Å². The fourth-order valence-corrected chi connectivity index (χ4v) is 2.36. The summed E-state index contributed by atoms with van der Waals surface area (Å²) in [6.07, 6.45) is 0.995. The van der Waals surface area contributed by atoms with Gasteiger partial charge < -0.3 is 9.30 Å². The predicted molar refractivity (Wildman–Crippen MR) is 81.9 cm³/mol. The number of hydrogen-bond acceptors (Lipinski definition) is 2. The molecule has 0 saturated heterocycles. The largest absolute Gasteiger partial charge is 0.491 e. The number of benzene rings is 2. The summed E-state index contributed by atoms with van der Waals surface area (Å²) in [5.74, 6) is 1.83. The van der Waals surface area contributed by atoms with Crippen molar-refractivity contribution in [3.8, 4) is 17.1 Å². The van der Waals surface area contributed by atoms with E-state index in [1.165, 1.54) is 0 Å². The van der Waals surface area contributed by atoms with E-state index in [0.717, 1.165) is 41.2 Å². The Morgan fingerprint density at radius 2 is 1.85 bits per heavy atom. The molecule has 0 amide bonds. The minimum absolute atomic E-state index is 0.719. The zero-order chi connectivity index (χ0) is 13.9. The number of aromatic nitrogens is 2. The zero-order valence-corrected chi connectivity index (χ0v) is 11.8. The van der Waals surface area contributed by atoms with Crippen LogP contribution in [0.2, 0.25) is 0 Å². The Bertz CT molecular complexity index is 716. The quantitative estimate of drug-likeness (QED) is 0.713. The Morgan fingerprint density at radius 1 is 1.05 bits per heavy atom. The standard InChI is InChI=1S/C17H18N2O/c1-3-12-20-15-11-7-10-14-16(15)18-17(19(14)2)13-8-5-4-6-9-13/h4-11H,3,12H2,1-2H3. The Morgan fingerprint density at radius 3 is 2.60 bits per heavy atom. The fourth-order valence-electron chi connectivity index (χ4n) is 2.36. The van der Waals surface area contributed by atoms with Crippen LogP contribution in [0.4, 0.5) is 0 Å². The molecule has 1 heterocycles. The highest BCUT2D eigenvalue weighted by atomic mass is 16.5. The van der Waals surface area contributed by atoms with E-state index in [-0.39, 0.29) is 0 Å². The summed E-state index contributed by atoms with van der Waals surface area (Å²) < 4.78 is 7.91. The zero-order valence-electron chi connectivity index (χ0n) is 11.8. The van der Waals surface area contributed by atoms with Crippen molar-refractivity contribution < 1.29 is 4.74 Å². The molecule has 0 aliphatic rings. The maximum atomic E-state index is 5.80. The topological polar surface area (TPSA) is 27.1 Å². The third-order valence-electron chi connectivity index (χ3n) is 3.37. The van der Waals surface area contributed by atoms with Gasteiger partial charge in [-0.25, -0.2) is 4.98 Å². The van der Waals surface area contributed by atoms with Crippen molar-refractivity contribution in [1.82, 2.24) is 9.55 Å². The second-order valence-corrected chi connectivity index (χ2v) is 4.83. The molecular formula is C17H18N2O. The first kappa shape index (κ1) is 12.7. The highest BCUT2D eigenvalue weighted by Gasteiger charge is 2.12. The number of hydrogen-bond donors (Lipinski definition) is 0. The van der Waals surface area contributed by atoms with E-state index in [2.05, 4.69) is 29.7 Å². The molecule has 0 fully saturated rings. The molecule has 102 valence electrons. The number of aryl methyl sites for hydroxylation is 1. The maximum absolute atomic E-state index is 5.80. The van der Waals surface area contributed by atoms with E-state index in [4.69, 9.17) is 9.72 Å². The van der Waals surface area contributed by atoms with Crippen molar-refractivity contribution >= 4 is 11.0 Å². The van der Waals surface area contributed by atoms with Crippen LogP contribution < -0.4 is 4.74 Å². The number of imidazole rings is 1. The smallest absolute Gasteiger partial charge is 0.147 e. The third kappa shape index (κ3) is 2.16. The molecule has 20 heavy (non-hydrogen) atoms. The minimum atomic E-state index is 0.719. The lowest BCUT2D eigenvalue weighted by atomic mass is 10.2. The molecule has 0 aliphatic heterocycles. The number of nitrogens with zero attached hydrogens (tertiary/aromatic N) is 2. The van der Waals surface area contributed by atoms with Gasteiger partial charge >= 0.3 is 0 Å². The molecule has 0 unspecified atom stereocenters. The number of ether oxygens (including phenoxy) is 1. The highest BCUT2D eigenvalue weighted by Crippen LogP contribution is 2.29. The van der Waals surface area contributed by atoms with Crippen molar-refractivity contribution in [2.45, 2.75) is 13.3 Å². The molecule has 2 aromatic carbocycles. The van der Waals surface area contributed by atoms with Gasteiger partial charge in [-0.15, -0.1) is 0 Å². The summed E-state index contributed by atoms with van der Waals surface area (Å²) in [6, 6.07) is 16.3. The molecule has 3 heteroatoms. The van der Waals surface area contributed by atoms with Crippen LogP contribution in [0.1, 0.15) is 13.3 Å². The van der Waals surface area contributed by atoms with Crippen LogP contribution in [-0.2, 0) is 7.05 Å². The molecular weight excluding hydrogens is 248 g/mol. The van der Waals surface area contributed by atoms with E-state index in [1.807, 2.05) is 37.4 Å². The van der Waals surface area contributed by atoms with Gasteiger partial charge in [-0.1, -0.05) is 43.3 Å². The fraction of sp³-hybridized carbons (Fsp3) is 0.235. The minimum Gasteiger partial charge on any atom is -0.491 e. The third-order valence-corrected chi connectivity index (χ3v) is 3.37. The molecule has 0 radical (unpaired) electrons. The van der Waals surface area contributed by atoms with Crippen LogP contribution in [0, 0.1) is 0 Å². The summed E-state index contributed by atoms with van der Waals surface area (Å²) in [5, 5.41) is 0. The normalized spacial score (nSPS) is 10.9. The Kier molecular flexibility index (Phi) is 3.42. The van der Waals surface area contributed by atoms with Gasteiger partial charge in [0.05, 0.1) is 12.1 Å². The molecule has 3 aromatic rings. The molecule has 0 bridgehead atoms. The summed E-state index contributed by atoms with van der Waals surface area (Å²) >= 11 is 0.